The van der Waals surface area contributed by atoms with E-state index in [1.165, 1.54) is 0 Å². The summed E-state index contributed by atoms with van der Waals surface area (Å²) in [6.45, 7) is 4.91. The minimum absolute atomic E-state index is 0.101. The molecular formula is C22H24N4O4. The summed E-state index contributed by atoms with van der Waals surface area (Å²) in [6, 6.07) is 7.59. The first-order valence-electron chi connectivity index (χ1n) is 10.1. The first-order chi connectivity index (χ1) is 14.6. The molecule has 0 bridgehead atoms. The molecule has 1 aromatic carbocycles. The smallest absolute Gasteiger partial charge is 0.227 e. The predicted octanol–water partition coefficient (Wildman–Crippen LogP) is 3.10. The molecule has 3 heterocycles. The first kappa shape index (κ1) is 19.9. The van der Waals surface area contributed by atoms with Crippen LogP contribution in [0.1, 0.15) is 37.3 Å². The molecule has 30 heavy (non-hydrogen) atoms. The van der Waals surface area contributed by atoms with Crippen molar-refractivity contribution in [1.29, 1.82) is 0 Å². The molecule has 0 fully saturated rings. The molecule has 0 aliphatic carbocycles. The van der Waals surface area contributed by atoms with E-state index in [-0.39, 0.29) is 18.4 Å². The monoisotopic (exact) mass is 408 g/mol. The average molecular weight is 408 g/mol. The number of benzene rings is 1. The van der Waals surface area contributed by atoms with Crippen molar-refractivity contribution in [3.05, 3.63) is 53.7 Å². The molecule has 0 saturated carbocycles. The van der Waals surface area contributed by atoms with Gasteiger partial charge < -0.3 is 19.3 Å². The number of pyridine rings is 1. The minimum atomic E-state index is -0.101. The van der Waals surface area contributed by atoms with Crippen LogP contribution >= 0.6 is 0 Å². The quantitative estimate of drug-likeness (QED) is 0.611. The maximum atomic E-state index is 12.3. The third-order valence-electron chi connectivity index (χ3n) is 4.83. The predicted molar refractivity (Wildman–Crippen MR) is 109 cm³/mol. The topological polar surface area (TPSA) is 99.4 Å². The highest BCUT2D eigenvalue weighted by Crippen LogP contribution is 2.35. The van der Waals surface area contributed by atoms with E-state index in [9.17, 15) is 4.79 Å². The Morgan fingerprint density at radius 2 is 2.13 bits per heavy atom. The number of fused-ring (bicyclic) bond motifs is 1. The second-order valence-corrected chi connectivity index (χ2v) is 7.16. The van der Waals surface area contributed by atoms with Crippen molar-refractivity contribution in [2.24, 2.45) is 0 Å². The van der Waals surface area contributed by atoms with Gasteiger partial charge in [-0.25, -0.2) is 0 Å². The molecule has 1 atom stereocenters. The molecule has 0 saturated heterocycles. The molecule has 1 unspecified atom stereocenters. The zero-order chi connectivity index (χ0) is 20.9. The Hall–Kier alpha value is -3.42. The Kier molecular flexibility index (Phi) is 5.92. The van der Waals surface area contributed by atoms with Crippen molar-refractivity contribution in [3.8, 4) is 22.9 Å². The van der Waals surface area contributed by atoms with E-state index in [4.69, 9.17) is 14.0 Å². The zero-order valence-corrected chi connectivity index (χ0v) is 17.1. The van der Waals surface area contributed by atoms with Gasteiger partial charge in [0.1, 0.15) is 17.6 Å². The van der Waals surface area contributed by atoms with Crippen LogP contribution in [-0.2, 0) is 24.2 Å². The minimum Gasteiger partial charge on any atom is -0.494 e. The summed E-state index contributed by atoms with van der Waals surface area (Å²) in [5.74, 6) is 2.46. The van der Waals surface area contributed by atoms with E-state index in [0.29, 0.717) is 31.3 Å². The number of hydrogen-bond donors (Lipinski definition) is 1. The Labute approximate surface area is 174 Å². The molecule has 1 amide bonds. The molecule has 156 valence electrons. The van der Waals surface area contributed by atoms with Crippen LogP contribution in [0.3, 0.4) is 0 Å². The lowest BCUT2D eigenvalue weighted by Gasteiger charge is -2.13. The van der Waals surface area contributed by atoms with Crippen LogP contribution in [0.4, 0.5) is 0 Å². The summed E-state index contributed by atoms with van der Waals surface area (Å²) in [5.41, 5.74) is 2.86. The van der Waals surface area contributed by atoms with Crippen molar-refractivity contribution < 1.29 is 18.8 Å². The van der Waals surface area contributed by atoms with Gasteiger partial charge in [0.15, 0.2) is 0 Å². The Balaban J connectivity index is 1.33. The molecule has 1 N–H and O–H groups in total. The number of hydrogen-bond acceptors (Lipinski definition) is 7. The fourth-order valence-corrected chi connectivity index (χ4v) is 3.39. The number of ether oxygens (including phenoxy) is 2. The van der Waals surface area contributed by atoms with Crippen molar-refractivity contribution in [1.82, 2.24) is 20.4 Å². The number of carbonyl (C=O) groups excluding carboxylic acids is 1. The van der Waals surface area contributed by atoms with Gasteiger partial charge in [-0.1, -0.05) is 5.16 Å². The lowest BCUT2D eigenvalue weighted by Crippen LogP contribution is -2.23. The summed E-state index contributed by atoms with van der Waals surface area (Å²) in [4.78, 5) is 20.6. The molecule has 4 rings (SSSR count). The molecule has 8 nitrogen and oxygen atoms in total. The third-order valence-corrected chi connectivity index (χ3v) is 4.83. The average Bonchev–Trinajstić information content (AvgIpc) is 3.37. The van der Waals surface area contributed by atoms with E-state index in [1.807, 2.05) is 26.0 Å². The molecular weight excluding hydrogens is 384 g/mol. The van der Waals surface area contributed by atoms with Gasteiger partial charge in [-0.05, 0) is 38.1 Å². The summed E-state index contributed by atoms with van der Waals surface area (Å²) in [5, 5.41) is 6.89. The lowest BCUT2D eigenvalue weighted by molar-refractivity contribution is -0.121. The van der Waals surface area contributed by atoms with E-state index in [1.54, 1.807) is 24.5 Å². The van der Waals surface area contributed by atoms with Crippen LogP contribution in [0, 0.1) is 0 Å². The molecule has 8 heteroatoms. The maximum absolute atomic E-state index is 12.3. The van der Waals surface area contributed by atoms with Gasteiger partial charge in [-0.3, -0.25) is 9.78 Å². The van der Waals surface area contributed by atoms with Crippen molar-refractivity contribution in [2.45, 2.75) is 45.8 Å². The van der Waals surface area contributed by atoms with E-state index >= 15 is 0 Å². The standard InChI is InChI=1S/C22H24N4O4/c1-3-28-18-11-16-10-14(2)29-19(16)12-17(18)13-24-20(27)4-5-21-25-22(26-30-21)15-6-8-23-9-7-15/h6-9,11-12,14H,3-5,10,13H2,1-2H3,(H,24,27). The van der Waals surface area contributed by atoms with Gasteiger partial charge in [-0.15, -0.1) is 0 Å². The van der Waals surface area contributed by atoms with Gasteiger partial charge in [0.2, 0.25) is 17.6 Å². The van der Waals surface area contributed by atoms with Gasteiger partial charge in [0.05, 0.1) is 6.61 Å². The first-order valence-corrected chi connectivity index (χ1v) is 10.1. The summed E-state index contributed by atoms with van der Waals surface area (Å²) >= 11 is 0. The summed E-state index contributed by atoms with van der Waals surface area (Å²) in [6.07, 6.45) is 4.98. The van der Waals surface area contributed by atoms with Crippen LogP contribution in [-0.4, -0.2) is 33.7 Å². The van der Waals surface area contributed by atoms with Crippen molar-refractivity contribution >= 4 is 5.91 Å². The Morgan fingerprint density at radius 1 is 1.30 bits per heavy atom. The number of aromatic nitrogens is 3. The van der Waals surface area contributed by atoms with Gasteiger partial charge >= 0.3 is 0 Å². The highest BCUT2D eigenvalue weighted by atomic mass is 16.5. The number of nitrogens with zero attached hydrogens (tertiary/aromatic N) is 3. The number of rotatable bonds is 8. The maximum Gasteiger partial charge on any atom is 0.227 e. The molecule has 2 aromatic heterocycles. The summed E-state index contributed by atoms with van der Waals surface area (Å²) in [7, 11) is 0. The molecule has 1 aliphatic rings. The van der Waals surface area contributed by atoms with Crippen LogP contribution in [0.2, 0.25) is 0 Å². The highest BCUT2D eigenvalue weighted by Gasteiger charge is 2.22. The van der Waals surface area contributed by atoms with Crippen molar-refractivity contribution in [3.63, 3.8) is 0 Å². The Bertz CT molecular complexity index is 1020. The third kappa shape index (κ3) is 4.59. The second kappa shape index (κ2) is 8.94. The normalized spacial score (nSPS) is 14.8. The van der Waals surface area contributed by atoms with Crippen LogP contribution in [0.15, 0.2) is 41.2 Å². The number of carbonyl (C=O) groups is 1. The van der Waals surface area contributed by atoms with E-state index in [0.717, 1.165) is 34.6 Å². The van der Waals surface area contributed by atoms with E-state index in [2.05, 4.69) is 20.4 Å². The van der Waals surface area contributed by atoms with Crippen molar-refractivity contribution in [2.75, 3.05) is 6.61 Å². The van der Waals surface area contributed by atoms with Crippen LogP contribution < -0.4 is 14.8 Å². The second-order valence-electron chi connectivity index (χ2n) is 7.16. The van der Waals surface area contributed by atoms with E-state index < -0.39 is 0 Å². The van der Waals surface area contributed by atoms with Gasteiger partial charge in [-0.2, -0.15) is 4.98 Å². The SMILES string of the molecule is CCOc1cc2c(cc1CNC(=O)CCc1nc(-c3ccncc3)no1)OC(C)C2. The fourth-order valence-electron chi connectivity index (χ4n) is 3.39. The van der Waals surface area contributed by atoms with Gasteiger partial charge in [0.25, 0.3) is 0 Å². The number of aryl methyl sites for hydroxylation is 1. The van der Waals surface area contributed by atoms with Crippen LogP contribution in [0.25, 0.3) is 11.4 Å². The van der Waals surface area contributed by atoms with Gasteiger partial charge in [0, 0.05) is 54.9 Å². The number of amides is 1. The lowest BCUT2D eigenvalue weighted by atomic mass is 10.1. The zero-order valence-electron chi connectivity index (χ0n) is 17.1. The molecule has 3 aromatic rings. The largest absolute Gasteiger partial charge is 0.494 e. The molecule has 0 radical (unpaired) electrons. The molecule has 0 spiro atoms. The number of nitrogens with one attached hydrogen (secondary N) is 1. The summed E-state index contributed by atoms with van der Waals surface area (Å²) < 4.78 is 16.8. The van der Waals surface area contributed by atoms with Crippen LogP contribution in [0.5, 0.6) is 11.5 Å². The highest BCUT2D eigenvalue weighted by molar-refractivity contribution is 5.76. The Morgan fingerprint density at radius 3 is 2.93 bits per heavy atom. The fraction of sp³-hybridized carbons (Fsp3) is 0.364. The molecule has 1 aliphatic heterocycles.